The standard InChI is InChI=1S/C19H19N3O3/c1-13(24-16-9-4-3-5-10-16)19(23)21-17-11-7-6-8-15(17)12-18-20-14(2)22-25-18/h3-11,13H,12H2,1-2H3,(H,21,23)/t13-/m1/s1. The maximum Gasteiger partial charge on any atom is 0.265 e. The highest BCUT2D eigenvalue weighted by atomic mass is 16.5. The fourth-order valence-electron chi connectivity index (χ4n) is 2.36. The zero-order valence-electron chi connectivity index (χ0n) is 14.1. The summed E-state index contributed by atoms with van der Waals surface area (Å²) in [6.07, 6.45) is -0.174. The Labute approximate surface area is 145 Å². The molecule has 1 amide bonds. The minimum atomic E-state index is -0.624. The van der Waals surface area contributed by atoms with E-state index >= 15 is 0 Å². The fraction of sp³-hybridized carbons (Fsp3) is 0.211. The Balaban J connectivity index is 1.68. The molecule has 0 aliphatic carbocycles. The first kappa shape index (κ1) is 16.7. The Kier molecular flexibility index (Phi) is 5.09. The molecule has 1 N–H and O–H groups in total. The maximum atomic E-state index is 12.4. The summed E-state index contributed by atoms with van der Waals surface area (Å²) in [4.78, 5) is 16.6. The summed E-state index contributed by atoms with van der Waals surface area (Å²) in [6.45, 7) is 3.48. The molecule has 25 heavy (non-hydrogen) atoms. The number of carbonyl (C=O) groups is 1. The van der Waals surface area contributed by atoms with Crippen molar-refractivity contribution in [3.05, 3.63) is 71.9 Å². The number of hydrogen-bond acceptors (Lipinski definition) is 5. The van der Waals surface area contributed by atoms with Crippen molar-refractivity contribution in [1.82, 2.24) is 10.1 Å². The van der Waals surface area contributed by atoms with Crippen molar-refractivity contribution in [2.45, 2.75) is 26.4 Å². The van der Waals surface area contributed by atoms with Crippen LogP contribution in [0.15, 0.2) is 59.1 Å². The van der Waals surface area contributed by atoms with Crippen LogP contribution in [0.2, 0.25) is 0 Å². The van der Waals surface area contributed by atoms with Gasteiger partial charge in [-0.25, -0.2) is 0 Å². The molecule has 0 spiro atoms. The van der Waals surface area contributed by atoms with Gasteiger partial charge in [0.2, 0.25) is 5.89 Å². The van der Waals surface area contributed by atoms with Crippen molar-refractivity contribution in [2.75, 3.05) is 5.32 Å². The van der Waals surface area contributed by atoms with Gasteiger partial charge >= 0.3 is 0 Å². The molecule has 0 fully saturated rings. The van der Waals surface area contributed by atoms with Gasteiger partial charge < -0.3 is 14.6 Å². The first-order chi connectivity index (χ1) is 12.1. The molecule has 1 heterocycles. The molecule has 1 aromatic heterocycles. The van der Waals surface area contributed by atoms with Crippen molar-refractivity contribution in [3.63, 3.8) is 0 Å². The molecule has 1 atom stereocenters. The Bertz CT molecular complexity index is 846. The molecule has 0 bridgehead atoms. The highest BCUT2D eigenvalue weighted by Crippen LogP contribution is 2.19. The van der Waals surface area contributed by atoms with Gasteiger partial charge in [-0.15, -0.1) is 0 Å². The lowest BCUT2D eigenvalue weighted by Gasteiger charge is -2.16. The van der Waals surface area contributed by atoms with Gasteiger partial charge in [0.05, 0.1) is 6.42 Å². The minimum Gasteiger partial charge on any atom is -0.481 e. The zero-order valence-corrected chi connectivity index (χ0v) is 14.1. The number of nitrogens with one attached hydrogen (secondary N) is 1. The number of anilines is 1. The minimum absolute atomic E-state index is 0.224. The van der Waals surface area contributed by atoms with E-state index in [9.17, 15) is 4.79 Å². The molecular weight excluding hydrogens is 318 g/mol. The summed E-state index contributed by atoms with van der Waals surface area (Å²) in [6, 6.07) is 16.8. The van der Waals surface area contributed by atoms with E-state index in [2.05, 4.69) is 15.5 Å². The monoisotopic (exact) mass is 337 g/mol. The molecule has 128 valence electrons. The van der Waals surface area contributed by atoms with Crippen molar-refractivity contribution in [1.29, 1.82) is 0 Å². The molecule has 6 nitrogen and oxygen atoms in total. The molecular formula is C19H19N3O3. The van der Waals surface area contributed by atoms with Crippen LogP contribution in [0, 0.1) is 6.92 Å². The van der Waals surface area contributed by atoms with E-state index in [4.69, 9.17) is 9.26 Å². The van der Waals surface area contributed by atoms with Gasteiger partial charge in [-0.2, -0.15) is 4.98 Å². The number of nitrogens with zero attached hydrogens (tertiary/aromatic N) is 2. The maximum absolute atomic E-state index is 12.4. The number of rotatable bonds is 6. The average Bonchev–Trinajstić information content (AvgIpc) is 3.02. The van der Waals surface area contributed by atoms with E-state index < -0.39 is 6.10 Å². The number of aromatic nitrogens is 2. The quantitative estimate of drug-likeness (QED) is 0.746. The van der Waals surface area contributed by atoms with Crippen LogP contribution in [0.5, 0.6) is 5.75 Å². The predicted octanol–water partition coefficient (Wildman–Crippen LogP) is 3.37. The third kappa shape index (κ3) is 4.44. The zero-order chi connectivity index (χ0) is 17.6. The van der Waals surface area contributed by atoms with Crippen molar-refractivity contribution in [3.8, 4) is 5.75 Å². The van der Waals surface area contributed by atoms with E-state index in [1.54, 1.807) is 13.8 Å². The van der Waals surface area contributed by atoms with Gasteiger partial charge in [0.15, 0.2) is 11.9 Å². The van der Waals surface area contributed by atoms with Gasteiger partial charge in [-0.3, -0.25) is 4.79 Å². The first-order valence-electron chi connectivity index (χ1n) is 8.01. The molecule has 0 saturated heterocycles. The molecule has 3 rings (SSSR count). The number of ether oxygens (including phenoxy) is 1. The lowest BCUT2D eigenvalue weighted by Crippen LogP contribution is -2.30. The van der Waals surface area contributed by atoms with E-state index in [1.165, 1.54) is 0 Å². The van der Waals surface area contributed by atoms with E-state index in [-0.39, 0.29) is 5.91 Å². The van der Waals surface area contributed by atoms with Crippen LogP contribution in [0.4, 0.5) is 5.69 Å². The lowest BCUT2D eigenvalue weighted by molar-refractivity contribution is -0.122. The van der Waals surface area contributed by atoms with Gasteiger partial charge in [0.25, 0.3) is 5.91 Å². The van der Waals surface area contributed by atoms with Gasteiger partial charge in [0.1, 0.15) is 5.75 Å². The number of hydrogen-bond donors (Lipinski definition) is 1. The summed E-state index contributed by atoms with van der Waals surface area (Å²) in [5.74, 6) is 1.52. The largest absolute Gasteiger partial charge is 0.481 e. The van der Waals surface area contributed by atoms with Gasteiger partial charge in [-0.1, -0.05) is 41.6 Å². The number of para-hydroxylation sites is 2. The SMILES string of the molecule is Cc1noc(Cc2ccccc2NC(=O)[C@@H](C)Oc2ccccc2)n1. The average molecular weight is 337 g/mol. The third-order valence-corrected chi connectivity index (χ3v) is 3.61. The second kappa shape index (κ2) is 7.61. The highest BCUT2D eigenvalue weighted by molar-refractivity contribution is 5.94. The summed E-state index contributed by atoms with van der Waals surface area (Å²) in [7, 11) is 0. The number of aryl methyl sites for hydroxylation is 1. The summed E-state index contributed by atoms with van der Waals surface area (Å²) >= 11 is 0. The Morgan fingerprint density at radius 2 is 1.88 bits per heavy atom. The molecule has 3 aromatic rings. The van der Waals surface area contributed by atoms with Gasteiger partial charge in [0, 0.05) is 5.69 Å². The number of benzene rings is 2. The van der Waals surface area contributed by atoms with Crippen LogP contribution in [0.3, 0.4) is 0 Å². The summed E-state index contributed by atoms with van der Waals surface area (Å²) < 4.78 is 10.8. The van der Waals surface area contributed by atoms with Crippen LogP contribution in [0.1, 0.15) is 24.2 Å². The van der Waals surface area contributed by atoms with Crippen LogP contribution >= 0.6 is 0 Å². The molecule has 0 radical (unpaired) electrons. The second-order valence-corrected chi connectivity index (χ2v) is 5.63. The number of carbonyl (C=O) groups excluding carboxylic acids is 1. The summed E-state index contributed by atoms with van der Waals surface area (Å²) in [5, 5.41) is 6.69. The predicted molar refractivity (Wildman–Crippen MR) is 93.4 cm³/mol. The van der Waals surface area contributed by atoms with Gasteiger partial charge in [-0.05, 0) is 37.6 Å². The van der Waals surface area contributed by atoms with E-state index in [0.717, 1.165) is 5.56 Å². The Hall–Kier alpha value is -3.15. The third-order valence-electron chi connectivity index (χ3n) is 3.61. The molecule has 0 unspecified atom stereocenters. The van der Waals surface area contributed by atoms with Crippen molar-refractivity contribution in [2.24, 2.45) is 0 Å². The molecule has 6 heteroatoms. The topological polar surface area (TPSA) is 77.2 Å². The van der Waals surface area contributed by atoms with Crippen LogP contribution in [0.25, 0.3) is 0 Å². The Morgan fingerprint density at radius 1 is 1.16 bits per heavy atom. The van der Waals surface area contributed by atoms with Crippen LogP contribution in [-0.4, -0.2) is 22.2 Å². The fourth-order valence-corrected chi connectivity index (χ4v) is 2.36. The van der Waals surface area contributed by atoms with E-state index in [1.807, 2.05) is 54.6 Å². The molecule has 2 aromatic carbocycles. The first-order valence-corrected chi connectivity index (χ1v) is 8.01. The number of amides is 1. The molecule has 0 saturated carbocycles. The van der Waals surface area contributed by atoms with E-state index in [0.29, 0.717) is 29.6 Å². The van der Waals surface area contributed by atoms with Crippen molar-refractivity contribution < 1.29 is 14.1 Å². The molecule has 0 aliphatic heterocycles. The van der Waals surface area contributed by atoms with Crippen molar-refractivity contribution >= 4 is 11.6 Å². The Morgan fingerprint density at radius 3 is 2.60 bits per heavy atom. The molecule has 0 aliphatic rings. The lowest BCUT2D eigenvalue weighted by atomic mass is 10.1. The highest BCUT2D eigenvalue weighted by Gasteiger charge is 2.17. The van der Waals surface area contributed by atoms with Crippen LogP contribution < -0.4 is 10.1 Å². The summed E-state index contributed by atoms with van der Waals surface area (Å²) in [5.41, 5.74) is 1.60. The second-order valence-electron chi connectivity index (χ2n) is 5.63. The smallest absolute Gasteiger partial charge is 0.265 e. The normalized spacial score (nSPS) is 11.8. The van der Waals surface area contributed by atoms with Crippen LogP contribution in [-0.2, 0) is 11.2 Å².